The van der Waals surface area contributed by atoms with Crippen LogP contribution in [-0.2, 0) is 0 Å². The molecule has 1 fully saturated rings. The van der Waals surface area contributed by atoms with Crippen LogP contribution in [0, 0.1) is 5.92 Å². The van der Waals surface area contributed by atoms with Crippen molar-refractivity contribution in [3.63, 3.8) is 0 Å². The fourth-order valence-electron chi connectivity index (χ4n) is 1.84. The number of aliphatic hydroxyl groups excluding tert-OH is 1. The van der Waals surface area contributed by atoms with E-state index in [0.717, 1.165) is 31.5 Å². The summed E-state index contributed by atoms with van der Waals surface area (Å²) in [6, 6.07) is 0. The van der Waals surface area contributed by atoms with Crippen LogP contribution in [0.2, 0.25) is 0 Å². The number of hydrogen-bond acceptors (Lipinski definition) is 2. The summed E-state index contributed by atoms with van der Waals surface area (Å²) in [7, 11) is 0. The first kappa shape index (κ1) is 11.2. The van der Waals surface area contributed by atoms with Crippen molar-refractivity contribution in [2.24, 2.45) is 5.92 Å². The second-order valence-corrected chi connectivity index (χ2v) is 3.66. The Hall–Kier alpha value is -0.860. The van der Waals surface area contributed by atoms with Crippen LogP contribution in [0.3, 0.4) is 0 Å². The minimum Gasteiger partial charge on any atom is -0.388 e. The maximum Gasteiger partial charge on any atom is 0.0830 e. The van der Waals surface area contributed by atoms with Gasteiger partial charge in [-0.15, -0.1) is 0 Å². The molecule has 0 bridgehead atoms. The van der Waals surface area contributed by atoms with E-state index in [0.29, 0.717) is 5.92 Å². The van der Waals surface area contributed by atoms with Crippen LogP contribution in [0.4, 0.5) is 0 Å². The molecule has 2 heteroatoms. The molecule has 0 amide bonds. The lowest BCUT2D eigenvalue weighted by Crippen LogP contribution is -2.37. The van der Waals surface area contributed by atoms with Gasteiger partial charge in [-0.2, -0.15) is 0 Å². The minimum atomic E-state index is -0.404. The first-order valence-corrected chi connectivity index (χ1v) is 5.13. The van der Waals surface area contributed by atoms with E-state index in [9.17, 15) is 5.11 Å². The van der Waals surface area contributed by atoms with Crippen molar-refractivity contribution >= 4 is 0 Å². The van der Waals surface area contributed by atoms with Crippen LogP contribution in [0.1, 0.15) is 12.8 Å². The van der Waals surface area contributed by atoms with Crippen LogP contribution in [-0.4, -0.2) is 24.3 Å². The molecule has 1 aliphatic heterocycles. The van der Waals surface area contributed by atoms with Gasteiger partial charge in [0.1, 0.15) is 0 Å². The van der Waals surface area contributed by atoms with Crippen molar-refractivity contribution in [1.82, 2.24) is 5.32 Å². The van der Waals surface area contributed by atoms with Crippen molar-refractivity contribution in [3.8, 4) is 0 Å². The number of hydrogen-bond donors (Lipinski definition) is 2. The third-order valence-corrected chi connectivity index (χ3v) is 2.67. The predicted octanol–water partition coefficient (Wildman–Crippen LogP) is 1.65. The molecule has 1 aliphatic rings. The SMILES string of the molecule is C=C/C=C(\C=C)C(O)C1CCCNC1. The molecule has 1 saturated heterocycles. The molecular formula is C12H19NO. The summed E-state index contributed by atoms with van der Waals surface area (Å²) in [6.45, 7) is 9.28. The van der Waals surface area contributed by atoms with E-state index in [4.69, 9.17) is 0 Å². The Kier molecular flexibility index (Phi) is 4.63. The maximum atomic E-state index is 10.0. The molecule has 14 heavy (non-hydrogen) atoms. The quantitative estimate of drug-likeness (QED) is 0.665. The molecule has 2 nitrogen and oxygen atoms in total. The highest BCUT2D eigenvalue weighted by Crippen LogP contribution is 2.20. The maximum absolute atomic E-state index is 10.0. The van der Waals surface area contributed by atoms with Crippen molar-refractivity contribution in [1.29, 1.82) is 0 Å². The van der Waals surface area contributed by atoms with Crippen molar-refractivity contribution in [2.45, 2.75) is 18.9 Å². The molecule has 0 aromatic rings. The average Bonchev–Trinajstić information content (AvgIpc) is 2.26. The van der Waals surface area contributed by atoms with Gasteiger partial charge in [-0.3, -0.25) is 0 Å². The molecule has 78 valence electrons. The third-order valence-electron chi connectivity index (χ3n) is 2.67. The molecule has 0 aromatic heterocycles. The summed E-state index contributed by atoms with van der Waals surface area (Å²) in [5.41, 5.74) is 0.869. The number of piperidine rings is 1. The molecule has 1 heterocycles. The highest BCUT2D eigenvalue weighted by atomic mass is 16.3. The normalized spacial score (nSPS) is 25.5. The standard InChI is InChI=1S/C12H19NO/c1-3-6-10(4-2)12(14)11-7-5-8-13-9-11/h3-4,6,11-14H,1-2,5,7-9H2/b10-6+. The molecule has 0 aliphatic carbocycles. The zero-order valence-electron chi connectivity index (χ0n) is 8.58. The molecule has 2 unspecified atom stereocenters. The molecule has 0 spiro atoms. The minimum absolute atomic E-state index is 0.313. The molecule has 2 atom stereocenters. The lowest BCUT2D eigenvalue weighted by molar-refractivity contribution is 0.126. The van der Waals surface area contributed by atoms with Crippen molar-refractivity contribution in [2.75, 3.05) is 13.1 Å². The Morgan fingerprint density at radius 1 is 1.50 bits per heavy atom. The fraction of sp³-hybridized carbons (Fsp3) is 0.500. The van der Waals surface area contributed by atoms with E-state index in [1.165, 1.54) is 0 Å². The van der Waals surface area contributed by atoms with Crippen LogP contribution in [0.5, 0.6) is 0 Å². The van der Waals surface area contributed by atoms with Gasteiger partial charge < -0.3 is 10.4 Å². The summed E-state index contributed by atoms with van der Waals surface area (Å²) in [5, 5.41) is 13.3. The van der Waals surface area contributed by atoms with E-state index >= 15 is 0 Å². The first-order chi connectivity index (χ1) is 6.79. The topological polar surface area (TPSA) is 32.3 Å². The van der Waals surface area contributed by atoms with Gasteiger partial charge in [0.05, 0.1) is 6.10 Å². The van der Waals surface area contributed by atoms with Gasteiger partial charge in [-0.05, 0) is 25.0 Å². The Morgan fingerprint density at radius 2 is 2.29 bits per heavy atom. The molecule has 1 rings (SSSR count). The summed E-state index contributed by atoms with van der Waals surface area (Å²) >= 11 is 0. The lowest BCUT2D eigenvalue weighted by atomic mass is 9.89. The number of aliphatic hydroxyl groups is 1. The summed E-state index contributed by atoms with van der Waals surface area (Å²) in [5.74, 6) is 0.313. The second kappa shape index (κ2) is 5.78. The second-order valence-electron chi connectivity index (χ2n) is 3.66. The first-order valence-electron chi connectivity index (χ1n) is 5.13. The van der Waals surface area contributed by atoms with Gasteiger partial charge in [0.25, 0.3) is 0 Å². The molecule has 2 N–H and O–H groups in total. The zero-order valence-corrected chi connectivity index (χ0v) is 8.58. The van der Waals surface area contributed by atoms with Gasteiger partial charge in [0.15, 0.2) is 0 Å². The van der Waals surface area contributed by atoms with Gasteiger partial charge in [0.2, 0.25) is 0 Å². The van der Waals surface area contributed by atoms with Crippen molar-refractivity contribution in [3.05, 3.63) is 37.0 Å². The largest absolute Gasteiger partial charge is 0.388 e. The highest BCUT2D eigenvalue weighted by Gasteiger charge is 2.22. The van der Waals surface area contributed by atoms with E-state index in [-0.39, 0.29) is 0 Å². The third kappa shape index (κ3) is 2.82. The van der Waals surface area contributed by atoms with Gasteiger partial charge in [-0.25, -0.2) is 0 Å². The lowest BCUT2D eigenvalue weighted by Gasteiger charge is -2.27. The molecule has 0 saturated carbocycles. The number of nitrogens with one attached hydrogen (secondary N) is 1. The summed E-state index contributed by atoms with van der Waals surface area (Å²) < 4.78 is 0. The van der Waals surface area contributed by atoms with Crippen LogP contribution in [0.25, 0.3) is 0 Å². The highest BCUT2D eigenvalue weighted by molar-refractivity contribution is 5.25. The molecular weight excluding hydrogens is 174 g/mol. The smallest absolute Gasteiger partial charge is 0.0830 e. The van der Waals surface area contributed by atoms with Gasteiger partial charge >= 0.3 is 0 Å². The zero-order chi connectivity index (χ0) is 10.4. The van der Waals surface area contributed by atoms with E-state index in [1.54, 1.807) is 12.2 Å². The fourth-order valence-corrected chi connectivity index (χ4v) is 1.84. The Labute approximate surface area is 86.0 Å². The Bertz CT molecular complexity index is 226. The average molecular weight is 193 g/mol. The van der Waals surface area contributed by atoms with Gasteiger partial charge in [-0.1, -0.05) is 31.4 Å². The van der Waals surface area contributed by atoms with Crippen LogP contribution < -0.4 is 5.32 Å². The summed E-state index contributed by atoms with van der Waals surface area (Å²) in [4.78, 5) is 0. The Morgan fingerprint density at radius 3 is 2.79 bits per heavy atom. The van der Waals surface area contributed by atoms with Crippen LogP contribution in [0.15, 0.2) is 37.0 Å². The van der Waals surface area contributed by atoms with Gasteiger partial charge in [0, 0.05) is 12.5 Å². The van der Waals surface area contributed by atoms with Crippen LogP contribution >= 0.6 is 0 Å². The number of allylic oxidation sites excluding steroid dienone is 2. The van der Waals surface area contributed by atoms with Crippen molar-refractivity contribution < 1.29 is 5.11 Å². The molecule has 0 aromatic carbocycles. The number of rotatable bonds is 4. The van der Waals surface area contributed by atoms with E-state index in [2.05, 4.69) is 18.5 Å². The molecule has 0 radical (unpaired) electrons. The van der Waals surface area contributed by atoms with E-state index in [1.807, 2.05) is 6.08 Å². The summed E-state index contributed by atoms with van der Waals surface area (Å²) in [6.07, 6.45) is 7.04. The monoisotopic (exact) mass is 193 g/mol. The Balaban J connectivity index is 2.60. The van der Waals surface area contributed by atoms with E-state index < -0.39 is 6.10 Å². The predicted molar refractivity (Wildman–Crippen MR) is 60.1 cm³/mol.